The lowest BCUT2D eigenvalue weighted by atomic mass is 10.0. The zero-order valence-corrected chi connectivity index (χ0v) is 9.44. The van der Waals surface area contributed by atoms with Gasteiger partial charge in [0.05, 0.1) is 5.69 Å². The van der Waals surface area contributed by atoms with Crippen molar-refractivity contribution < 1.29 is 4.79 Å². The smallest absolute Gasteiger partial charge is 0.179 e. The lowest BCUT2D eigenvalue weighted by Gasteiger charge is -2.06. The van der Waals surface area contributed by atoms with Crippen LogP contribution in [0, 0.1) is 5.92 Å². The SMILES string of the molecule is CC1CCn2c(cc3ccccc32)C(=O)C1. The summed E-state index contributed by atoms with van der Waals surface area (Å²) in [5.41, 5.74) is 2.09. The van der Waals surface area contributed by atoms with E-state index in [1.165, 1.54) is 10.9 Å². The Balaban J connectivity index is 2.23. The lowest BCUT2D eigenvalue weighted by Crippen LogP contribution is -2.04. The third kappa shape index (κ3) is 1.37. The first-order valence-electron chi connectivity index (χ1n) is 5.87. The molecular weight excluding hydrogens is 198 g/mol. The number of Topliss-reactive ketones (excluding diaryl/α,β-unsaturated/α-hetero) is 1. The first-order valence-corrected chi connectivity index (χ1v) is 5.87. The van der Waals surface area contributed by atoms with Gasteiger partial charge in [-0.3, -0.25) is 4.79 Å². The average molecular weight is 213 g/mol. The second-order valence-corrected chi connectivity index (χ2v) is 4.76. The van der Waals surface area contributed by atoms with Crippen molar-refractivity contribution in [3.8, 4) is 0 Å². The number of rotatable bonds is 0. The molecule has 1 aromatic carbocycles. The molecule has 0 aliphatic carbocycles. The van der Waals surface area contributed by atoms with Crippen LogP contribution >= 0.6 is 0 Å². The number of nitrogens with zero attached hydrogens (tertiary/aromatic N) is 1. The predicted octanol–water partition coefficient (Wildman–Crippen LogP) is 3.25. The predicted molar refractivity (Wildman–Crippen MR) is 64.7 cm³/mol. The third-order valence-corrected chi connectivity index (χ3v) is 3.48. The fourth-order valence-electron chi connectivity index (χ4n) is 2.55. The number of carbonyl (C=O) groups is 1. The molecule has 1 atom stereocenters. The van der Waals surface area contributed by atoms with E-state index in [9.17, 15) is 4.79 Å². The molecule has 3 rings (SSSR count). The van der Waals surface area contributed by atoms with Crippen molar-refractivity contribution in [3.05, 3.63) is 36.0 Å². The van der Waals surface area contributed by atoms with Crippen LogP contribution in [0.25, 0.3) is 10.9 Å². The minimum absolute atomic E-state index is 0.293. The molecule has 1 aliphatic rings. The van der Waals surface area contributed by atoms with E-state index in [0.717, 1.165) is 18.7 Å². The highest BCUT2D eigenvalue weighted by atomic mass is 16.1. The summed E-state index contributed by atoms with van der Waals surface area (Å²) in [6.45, 7) is 3.13. The third-order valence-electron chi connectivity index (χ3n) is 3.48. The molecule has 1 aliphatic heterocycles. The van der Waals surface area contributed by atoms with Crippen LogP contribution in [0.1, 0.15) is 30.3 Å². The van der Waals surface area contributed by atoms with Crippen molar-refractivity contribution in [2.24, 2.45) is 5.92 Å². The van der Waals surface area contributed by atoms with E-state index < -0.39 is 0 Å². The molecule has 0 saturated heterocycles. The summed E-state index contributed by atoms with van der Waals surface area (Å²) in [4.78, 5) is 12.1. The molecule has 0 bridgehead atoms. The largest absolute Gasteiger partial charge is 0.338 e. The van der Waals surface area contributed by atoms with Gasteiger partial charge in [-0.25, -0.2) is 0 Å². The van der Waals surface area contributed by atoms with Gasteiger partial charge in [0.15, 0.2) is 5.78 Å². The monoisotopic (exact) mass is 213 g/mol. The molecule has 0 amide bonds. The van der Waals surface area contributed by atoms with Gasteiger partial charge in [0.25, 0.3) is 0 Å². The lowest BCUT2D eigenvalue weighted by molar-refractivity contribution is 0.0964. The molecule has 0 fully saturated rings. The highest BCUT2D eigenvalue weighted by Gasteiger charge is 2.21. The molecule has 0 spiro atoms. The van der Waals surface area contributed by atoms with Crippen LogP contribution in [0.5, 0.6) is 0 Å². The van der Waals surface area contributed by atoms with Gasteiger partial charge in [-0.05, 0) is 24.5 Å². The van der Waals surface area contributed by atoms with E-state index in [2.05, 4.69) is 23.6 Å². The van der Waals surface area contributed by atoms with Crippen molar-refractivity contribution in [2.45, 2.75) is 26.3 Å². The van der Waals surface area contributed by atoms with E-state index in [-0.39, 0.29) is 0 Å². The zero-order valence-electron chi connectivity index (χ0n) is 9.44. The van der Waals surface area contributed by atoms with Gasteiger partial charge in [0, 0.05) is 23.9 Å². The standard InChI is InChI=1S/C14H15NO/c1-10-6-7-15-12-5-3-2-4-11(12)9-13(15)14(16)8-10/h2-5,9-10H,6-8H2,1H3. The zero-order chi connectivity index (χ0) is 11.1. The maximum absolute atomic E-state index is 12.1. The van der Waals surface area contributed by atoms with Gasteiger partial charge in [-0.2, -0.15) is 0 Å². The highest BCUT2D eigenvalue weighted by molar-refractivity contribution is 6.00. The van der Waals surface area contributed by atoms with Crippen LogP contribution in [-0.4, -0.2) is 10.4 Å². The van der Waals surface area contributed by atoms with Crippen molar-refractivity contribution in [2.75, 3.05) is 0 Å². The number of hydrogen-bond donors (Lipinski definition) is 0. The second-order valence-electron chi connectivity index (χ2n) is 4.76. The van der Waals surface area contributed by atoms with Crippen LogP contribution in [0.3, 0.4) is 0 Å². The highest BCUT2D eigenvalue weighted by Crippen LogP contribution is 2.26. The molecule has 0 radical (unpaired) electrons. The van der Waals surface area contributed by atoms with E-state index in [1.54, 1.807) is 0 Å². The number of benzene rings is 1. The average Bonchev–Trinajstić information content (AvgIpc) is 2.58. The molecule has 2 heteroatoms. The maximum atomic E-state index is 12.1. The Morgan fingerprint density at radius 1 is 1.31 bits per heavy atom. The van der Waals surface area contributed by atoms with Gasteiger partial charge in [0.1, 0.15) is 0 Å². The summed E-state index contributed by atoms with van der Waals surface area (Å²) in [5, 5.41) is 1.18. The number of aryl methyl sites for hydroxylation is 1. The van der Waals surface area contributed by atoms with Crippen molar-refractivity contribution >= 4 is 16.7 Å². The summed E-state index contributed by atoms with van der Waals surface area (Å²) in [5.74, 6) is 0.798. The Bertz CT molecular complexity index is 553. The Kier molecular flexibility index (Phi) is 2.10. The van der Waals surface area contributed by atoms with E-state index in [1.807, 2.05) is 18.2 Å². The quantitative estimate of drug-likeness (QED) is 0.658. The Labute approximate surface area is 94.9 Å². The summed E-state index contributed by atoms with van der Waals surface area (Å²) < 4.78 is 2.18. The normalized spacial score (nSPS) is 20.8. The Morgan fingerprint density at radius 3 is 3.00 bits per heavy atom. The molecule has 16 heavy (non-hydrogen) atoms. The van der Waals surface area contributed by atoms with Crippen molar-refractivity contribution in [1.82, 2.24) is 4.57 Å². The number of para-hydroxylation sites is 1. The van der Waals surface area contributed by atoms with Gasteiger partial charge in [-0.15, -0.1) is 0 Å². The van der Waals surface area contributed by atoms with Gasteiger partial charge >= 0.3 is 0 Å². The van der Waals surface area contributed by atoms with Crippen molar-refractivity contribution in [3.63, 3.8) is 0 Å². The molecule has 1 aromatic heterocycles. The van der Waals surface area contributed by atoms with Crippen LogP contribution in [0.15, 0.2) is 30.3 Å². The second kappa shape index (κ2) is 3.48. The summed E-state index contributed by atoms with van der Waals surface area (Å²) in [7, 11) is 0. The summed E-state index contributed by atoms with van der Waals surface area (Å²) >= 11 is 0. The molecule has 1 unspecified atom stereocenters. The van der Waals surface area contributed by atoms with Crippen LogP contribution in [0.4, 0.5) is 0 Å². The minimum atomic E-state index is 0.293. The van der Waals surface area contributed by atoms with E-state index in [4.69, 9.17) is 0 Å². The summed E-state index contributed by atoms with van der Waals surface area (Å²) in [6, 6.07) is 10.3. The minimum Gasteiger partial charge on any atom is -0.338 e. The van der Waals surface area contributed by atoms with Gasteiger partial charge in [-0.1, -0.05) is 25.1 Å². The van der Waals surface area contributed by atoms with Crippen LogP contribution < -0.4 is 0 Å². The fraction of sp³-hybridized carbons (Fsp3) is 0.357. The first kappa shape index (κ1) is 9.64. The first-order chi connectivity index (χ1) is 7.75. The molecule has 2 aromatic rings. The number of carbonyl (C=O) groups excluding carboxylic acids is 1. The van der Waals surface area contributed by atoms with Gasteiger partial charge in [0.2, 0.25) is 0 Å². The molecule has 2 heterocycles. The Morgan fingerprint density at radius 2 is 2.12 bits per heavy atom. The van der Waals surface area contributed by atoms with E-state index >= 15 is 0 Å². The fourth-order valence-corrected chi connectivity index (χ4v) is 2.55. The molecular formula is C14H15NO. The number of hydrogen-bond acceptors (Lipinski definition) is 1. The maximum Gasteiger partial charge on any atom is 0.179 e. The molecule has 0 saturated carbocycles. The molecule has 82 valence electrons. The molecule has 0 N–H and O–H groups in total. The number of aromatic nitrogens is 1. The van der Waals surface area contributed by atoms with Gasteiger partial charge < -0.3 is 4.57 Å². The molecule has 2 nitrogen and oxygen atoms in total. The van der Waals surface area contributed by atoms with Crippen LogP contribution in [0.2, 0.25) is 0 Å². The Hall–Kier alpha value is -1.57. The summed E-state index contributed by atoms with van der Waals surface area (Å²) in [6.07, 6.45) is 1.79. The number of fused-ring (bicyclic) bond motifs is 3. The van der Waals surface area contributed by atoms with Crippen molar-refractivity contribution in [1.29, 1.82) is 0 Å². The number of ketones is 1. The van der Waals surface area contributed by atoms with Crippen LogP contribution in [-0.2, 0) is 6.54 Å². The van der Waals surface area contributed by atoms with E-state index in [0.29, 0.717) is 18.1 Å². The topological polar surface area (TPSA) is 22.0 Å².